The molecule has 4 aliphatic carbocycles. The van der Waals surface area contributed by atoms with Gasteiger partial charge >= 0.3 is 5.69 Å². The summed E-state index contributed by atoms with van der Waals surface area (Å²) in [6.45, 7) is 0. The van der Waals surface area contributed by atoms with Gasteiger partial charge in [0.1, 0.15) is 11.8 Å². The molecule has 0 saturated heterocycles. The fourth-order valence-electron chi connectivity index (χ4n) is 6.99. The smallest absolute Gasteiger partial charge is 0.322 e. The Morgan fingerprint density at radius 3 is 2.56 bits per heavy atom. The average Bonchev–Trinajstić information content (AvgIpc) is 3.29. The quantitative estimate of drug-likeness (QED) is 0.513. The van der Waals surface area contributed by atoms with Crippen LogP contribution in [0, 0.1) is 17.8 Å². The van der Waals surface area contributed by atoms with Gasteiger partial charge in [-0.1, -0.05) is 11.6 Å². The molecule has 0 amide bonds. The van der Waals surface area contributed by atoms with Crippen LogP contribution in [0.5, 0.6) is 0 Å². The largest absolute Gasteiger partial charge is 0.330 e. The van der Waals surface area contributed by atoms with Crippen LogP contribution < -0.4 is 11.0 Å². The normalized spacial score (nSPS) is 28.8. The molecular weight excluding hydrogens is 428 g/mol. The first-order valence-electron chi connectivity index (χ1n) is 11.2. The minimum absolute atomic E-state index is 0.00969. The molecule has 0 aliphatic heterocycles. The Morgan fingerprint density at radius 2 is 1.84 bits per heavy atom. The molecule has 0 spiro atoms. The molecule has 164 valence electrons. The lowest BCUT2D eigenvalue weighted by Gasteiger charge is -2.56. The van der Waals surface area contributed by atoms with E-state index in [1.165, 1.54) is 25.6 Å². The first-order chi connectivity index (χ1) is 15.5. The van der Waals surface area contributed by atoms with Crippen molar-refractivity contribution in [3.05, 3.63) is 40.3 Å². The average molecular weight is 451 g/mol. The van der Waals surface area contributed by atoms with E-state index < -0.39 is 0 Å². The highest BCUT2D eigenvalue weighted by atomic mass is 35.5. The molecule has 0 atom stereocenters. The van der Waals surface area contributed by atoms with Crippen LogP contribution >= 0.6 is 11.6 Å². The third-order valence-electron chi connectivity index (χ3n) is 7.89. The summed E-state index contributed by atoms with van der Waals surface area (Å²) in [6.07, 6.45) is 12.2. The lowest BCUT2D eigenvalue weighted by Crippen LogP contribution is -2.54. The van der Waals surface area contributed by atoms with E-state index in [-0.39, 0.29) is 11.2 Å². The van der Waals surface area contributed by atoms with Crippen molar-refractivity contribution in [3.63, 3.8) is 0 Å². The zero-order valence-electron chi connectivity index (χ0n) is 17.7. The van der Waals surface area contributed by atoms with E-state index in [1.807, 2.05) is 11.6 Å². The van der Waals surface area contributed by atoms with Gasteiger partial charge in [0.25, 0.3) is 0 Å². The van der Waals surface area contributed by atoms with Crippen LogP contribution in [0.25, 0.3) is 16.8 Å². The topological polar surface area (TPSA) is 94.9 Å². The van der Waals surface area contributed by atoms with Gasteiger partial charge in [-0.2, -0.15) is 10.1 Å². The first kappa shape index (κ1) is 18.6. The molecule has 4 fully saturated rings. The number of nitrogens with one attached hydrogen (secondary N) is 1. The number of aromatic nitrogens is 7. The monoisotopic (exact) mass is 450 g/mol. The van der Waals surface area contributed by atoms with Gasteiger partial charge in [0.2, 0.25) is 5.95 Å². The zero-order valence-corrected chi connectivity index (χ0v) is 18.5. The van der Waals surface area contributed by atoms with Crippen molar-refractivity contribution in [1.29, 1.82) is 0 Å². The van der Waals surface area contributed by atoms with Crippen molar-refractivity contribution in [2.24, 2.45) is 24.8 Å². The zero-order chi connectivity index (χ0) is 21.6. The van der Waals surface area contributed by atoms with Crippen molar-refractivity contribution in [1.82, 2.24) is 33.7 Å². The van der Waals surface area contributed by atoms with E-state index >= 15 is 0 Å². The van der Waals surface area contributed by atoms with Crippen molar-refractivity contribution in [3.8, 4) is 0 Å². The second kappa shape index (κ2) is 6.31. The number of imidazole rings is 1. The molecule has 4 aromatic heterocycles. The Morgan fingerprint density at radius 1 is 1.12 bits per heavy atom. The van der Waals surface area contributed by atoms with Crippen LogP contribution in [-0.2, 0) is 12.6 Å². The molecule has 32 heavy (non-hydrogen) atoms. The first-order valence-corrected chi connectivity index (χ1v) is 11.6. The summed E-state index contributed by atoms with van der Waals surface area (Å²) in [5, 5.41) is 7.87. The summed E-state index contributed by atoms with van der Waals surface area (Å²) >= 11 is 6.44. The minimum Gasteiger partial charge on any atom is -0.322 e. The summed E-state index contributed by atoms with van der Waals surface area (Å²) in [5.74, 6) is 2.60. The number of hydrogen-bond acceptors (Lipinski definition) is 6. The van der Waals surface area contributed by atoms with E-state index in [9.17, 15) is 4.79 Å². The summed E-state index contributed by atoms with van der Waals surface area (Å²) in [7, 11) is 1.81. The summed E-state index contributed by atoms with van der Waals surface area (Å²) in [5.41, 5.74) is 2.65. The third-order valence-corrected chi connectivity index (χ3v) is 8.21. The van der Waals surface area contributed by atoms with Crippen molar-refractivity contribution in [2.75, 3.05) is 5.32 Å². The predicted molar refractivity (Wildman–Crippen MR) is 120 cm³/mol. The molecule has 4 aliphatic rings. The summed E-state index contributed by atoms with van der Waals surface area (Å²) in [6, 6.07) is 1.74. The molecular formula is C22H23ClN8O. The number of pyridine rings is 1. The fourth-order valence-corrected chi connectivity index (χ4v) is 7.18. The van der Waals surface area contributed by atoms with Crippen LogP contribution in [0.15, 0.2) is 29.6 Å². The van der Waals surface area contributed by atoms with Gasteiger partial charge in [-0.25, -0.2) is 19.3 Å². The van der Waals surface area contributed by atoms with Gasteiger partial charge in [0.15, 0.2) is 11.3 Å². The number of nitrogens with zero attached hydrogens (tertiary/aromatic N) is 7. The number of rotatable bonds is 3. The van der Waals surface area contributed by atoms with Gasteiger partial charge < -0.3 is 5.32 Å². The maximum Gasteiger partial charge on any atom is 0.330 e. The maximum atomic E-state index is 13.4. The van der Waals surface area contributed by atoms with Crippen LogP contribution in [0.2, 0.25) is 5.02 Å². The SMILES string of the molecule is Cn1c(=O)n(C23CC4CC(CC(C4)C2)C3)c2nc(Nc3cn4ncnc4cc3Cl)ncc21. The Hall–Kier alpha value is -2.94. The van der Waals surface area contributed by atoms with Crippen molar-refractivity contribution in [2.45, 2.75) is 44.1 Å². The molecule has 0 unspecified atom stereocenters. The Kier molecular flexibility index (Phi) is 3.67. The lowest BCUT2D eigenvalue weighted by molar-refractivity contribution is -0.0430. The molecule has 4 aromatic rings. The van der Waals surface area contributed by atoms with Crippen LogP contribution in [0.4, 0.5) is 11.6 Å². The second-order valence-corrected chi connectivity index (χ2v) is 10.4. The Balaban J connectivity index is 1.35. The fraction of sp³-hybridized carbons (Fsp3) is 0.500. The van der Waals surface area contributed by atoms with Crippen molar-refractivity contribution >= 4 is 40.0 Å². The molecule has 0 radical (unpaired) electrons. The van der Waals surface area contributed by atoms with Crippen molar-refractivity contribution < 1.29 is 0 Å². The van der Waals surface area contributed by atoms with Gasteiger partial charge in [0, 0.05) is 13.1 Å². The number of fused-ring (bicyclic) bond motifs is 2. The number of anilines is 2. The predicted octanol–water partition coefficient (Wildman–Crippen LogP) is 3.50. The molecule has 4 saturated carbocycles. The Labute approximate surface area is 188 Å². The molecule has 0 aromatic carbocycles. The Bertz CT molecular complexity index is 1410. The van der Waals surface area contributed by atoms with Gasteiger partial charge in [-0.15, -0.1) is 0 Å². The molecule has 9 nitrogen and oxygen atoms in total. The summed E-state index contributed by atoms with van der Waals surface area (Å²) in [4.78, 5) is 26.9. The van der Waals surface area contributed by atoms with Crippen LogP contribution in [0.1, 0.15) is 38.5 Å². The number of halogens is 1. The molecule has 10 heteroatoms. The second-order valence-electron chi connectivity index (χ2n) is 9.94. The summed E-state index contributed by atoms with van der Waals surface area (Å²) < 4.78 is 5.33. The highest BCUT2D eigenvalue weighted by Crippen LogP contribution is 2.58. The van der Waals surface area contributed by atoms with E-state index in [0.29, 0.717) is 28.0 Å². The van der Waals surface area contributed by atoms with E-state index in [0.717, 1.165) is 42.5 Å². The number of hydrogen-bond donors (Lipinski definition) is 1. The van der Waals surface area contributed by atoms with Gasteiger partial charge in [-0.3, -0.25) is 9.13 Å². The van der Waals surface area contributed by atoms with Gasteiger partial charge in [0.05, 0.1) is 28.6 Å². The molecule has 8 rings (SSSR count). The van der Waals surface area contributed by atoms with Gasteiger partial charge in [-0.05, 0) is 56.3 Å². The molecule has 4 heterocycles. The number of aryl methyl sites for hydroxylation is 1. The van der Waals surface area contributed by atoms with E-state index in [4.69, 9.17) is 16.6 Å². The van der Waals surface area contributed by atoms with E-state index in [2.05, 4.69) is 20.4 Å². The standard InChI is InChI=1S/C22H23ClN8O/c1-29-17-9-24-20(27-16-10-30-18(5-15(16)23)25-11-26-30)28-19(17)31(21(29)32)22-6-12-2-13(7-22)4-14(3-12)8-22/h5,9-14H,2-4,6-8H2,1H3,(H,24,27,28). The highest BCUT2D eigenvalue weighted by molar-refractivity contribution is 6.33. The van der Waals surface area contributed by atoms with E-state index in [1.54, 1.807) is 27.5 Å². The van der Waals surface area contributed by atoms with Crippen LogP contribution in [-0.4, -0.2) is 33.7 Å². The highest BCUT2D eigenvalue weighted by Gasteiger charge is 2.53. The maximum absolute atomic E-state index is 13.4. The third kappa shape index (κ3) is 2.54. The molecule has 1 N–H and O–H groups in total. The minimum atomic E-state index is -0.117. The lowest BCUT2D eigenvalue weighted by atomic mass is 9.53. The molecule has 4 bridgehead atoms. The van der Waals surface area contributed by atoms with Crippen LogP contribution in [0.3, 0.4) is 0 Å².